The van der Waals surface area contributed by atoms with Crippen LogP contribution in [0, 0.1) is 0 Å². The van der Waals surface area contributed by atoms with Crippen LogP contribution in [0.1, 0.15) is 23.3 Å². The van der Waals surface area contributed by atoms with Gasteiger partial charge >= 0.3 is 6.18 Å². The van der Waals surface area contributed by atoms with Crippen LogP contribution in [0.5, 0.6) is 0 Å². The lowest BCUT2D eigenvalue weighted by molar-refractivity contribution is -0.140. The highest BCUT2D eigenvalue weighted by atomic mass is 32.1. The summed E-state index contributed by atoms with van der Waals surface area (Å²) in [5, 5.41) is 8.70. The van der Waals surface area contributed by atoms with Gasteiger partial charge in [0.2, 0.25) is 0 Å². The van der Waals surface area contributed by atoms with Gasteiger partial charge in [0, 0.05) is 63.7 Å². The highest BCUT2D eigenvalue weighted by Crippen LogP contribution is 2.30. The third-order valence-electron chi connectivity index (χ3n) is 4.31. The standard InChI is InChI=1S/C17H23F3N6OS/c1-2-21-16(22-5-3-15-23-14(12-28-15)17(18,19)20)26-8-6-25(7-9-26)11-13-4-10-27-24-13/h4,10,12H,2-3,5-9,11H2,1H3,(H,21,22). The average molecular weight is 416 g/mol. The van der Waals surface area contributed by atoms with Crippen LogP contribution in [-0.4, -0.2) is 65.2 Å². The van der Waals surface area contributed by atoms with Crippen molar-refractivity contribution in [2.24, 2.45) is 4.99 Å². The van der Waals surface area contributed by atoms with Gasteiger partial charge in [0.15, 0.2) is 11.7 Å². The Kier molecular flexibility index (Phi) is 6.89. The van der Waals surface area contributed by atoms with Crippen LogP contribution in [0.2, 0.25) is 0 Å². The lowest BCUT2D eigenvalue weighted by atomic mass is 10.3. The number of aromatic nitrogens is 2. The second-order valence-electron chi connectivity index (χ2n) is 6.36. The number of thiazole rings is 1. The molecule has 154 valence electrons. The molecular formula is C17H23F3N6OS. The van der Waals surface area contributed by atoms with E-state index >= 15 is 0 Å². The molecule has 7 nitrogen and oxygen atoms in total. The molecule has 3 rings (SSSR count). The van der Waals surface area contributed by atoms with E-state index < -0.39 is 11.9 Å². The first-order valence-corrected chi connectivity index (χ1v) is 10.00. The topological polar surface area (TPSA) is 69.8 Å². The molecule has 1 saturated heterocycles. The quantitative estimate of drug-likeness (QED) is 0.576. The van der Waals surface area contributed by atoms with E-state index in [0.29, 0.717) is 18.0 Å². The highest BCUT2D eigenvalue weighted by Gasteiger charge is 2.33. The predicted octanol–water partition coefficient (Wildman–Crippen LogP) is 2.48. The van der Waals surface area contributed by atoms with Gasteiger partial charge in [0.1, 0.15) is 6.26 Å². The second kappa shape index (κ2) is 9.37. The Bertz CT molecular complexity index is 753. The van der Waals surface area contributed by atoms with Gasteiger partial charge in [-0.05, 0) is 6.92 Å². The van der Waals surface area contributed by atoms with Crippen LogP contribution >= 0.6 is 11.3 Å². The van der Waals surface area contributed by atoms with E-state index in [9.17, 15) is 13.2 Å². The van der Waals surface area contributed by atoms with E-state index in [1.54, 1.807) is 6.26 Å². The summed E-state index contributed by atoms with van der Waals surface area (Å²) in [7, 11) is 0. The maximum Gasteiger partial charge on any atom is 0.434 e. The maximum absolute atomic E-state index is 12.6. The van der Waals surface area contributed by atoms with E-state index in [1.165, 1.54) is 0 Å². The molecule has 1 aliphatic rings. The number of nitrogens with one attached hydrogen (secondary N) is 1. The zero-order valence-corrected chi connectivity index (χ0v) is 16.4. The van der Waals surface area contributed by atoms with Gasteiger partial charge in [0.25, 0.3) is 0 Å². The van der Waals surface area contributed by atoms with Crippen molar-refractivity contribution in [3.63, 3.8) is 0 Å². The summed E-state index contributed by atoms with van der Waals surface area (Å²) in [6, 6.07) is 1.86. The number of aliphatic imine (C=N–C) groups is 1. The average Bonchev–Trinajstić information content (AvgIpc) is 3.33. The zero-order valence-electron chi connectivity index (χ0n) is 15.6. The van der Waals surface area contributed by atoms with E-state index in [4.69, 9.17) is 4.52 Å². The van der Waals surface area contributed by atoms with Crippen molar-refractivity contribution in [1.29, 1.82) is 0 Å². The Morgan fingerprint density at radius 3 is 2.71 bits per heavy atom. The molecule has 0 aromatic carbocycles. The third-order valence-corrected chi connectivity index (χ3v) is 5.22. The molecule has 0 atom stereocenters. The summed E-state index contributed by atoms with van der Waals surface area (Å²) in [4.78, 5) is 12.7. The van der Waals surface area contributed by atoms with Crippen molar-refractivity contribution in [2.45, 2.75) is 26.1 Å². The van der Waals surface area contributed by atoms with Crippen LogP contribution in [0.25, 0.3) is 0 Å². The van der Waals surface area contributed by atoms with Crippen molar-refractivity contribution >= 4 is 17.3 Å². The number of piperazine rings is 1. The number of hydrogen-bond donors (Lipinski definition) is 1. The van der Waals surface area contributed by atoms with Gasteiger partial charge in [-0.2, -0.15) is 13.2 Å². The molecule has 28 heavy (non-hydrogen) atoms. The summed E-state index contributed by atoms with van der Waals surface area (Å²) in [6.45, 7) is 7.26. The molecule has 1 N–H and O–H groups in total. The molecule has 0 unspecified atom stereocenters. The number of hydrogen-bond acceptors (Lipinski definition) is 6. The van der Waals surface area contributed by atoms with Crippen LogP contribution in [-0.2, 0) is 19.1 Å². The largest absolute Gasteiger partial charge is 0.434 e. The third kappa shape index (κ3) is 5.68. The Morgan fingerprint density at radius 1 is 1.32 bits per heavy atom. The van der Waals surface area contributed by atoms with E-state index in [2.05, 4.69) is 30.2 Å². The molecule has 0 radical (unpaired) electrons. The normalized spacial score (nSPS) is 16.6. The monoisotopic (exact) mass is 416 g/mol. The van der Waals surface area contributed by atoms with Crippen molar-refractivity contribution in [2.75, 3.05) is 39.3 Å². The van der Waals surface area contributed by atoms with Crippen molar-refractivity contribution in [1.82, 2.24) is 25.3 Å². The van der Waals surface area contributed by atoms with E-state index in [-0.39, 0.29) is 0 Å². The fourth-order valence-electron chi connectivity index (χ4n) is 2.91. The molecule has 11 heteroatoms. The minimum Gasteiger partial charge on any atom is -0.364 e. The fraction of sp³-hybridized carbons (Fsp3) is 0.588. The number of guanidine groups is 1. The minimum absolute atomic E-state index is 0.391. The van der Waals surface area contributed by atoms with Crippen LogP contribution in [0.15, 0.2) is 27.2 Å². The van der Waals surface area contributed by atoms with Crippen molar-refractivity contribution in [3.8, 4) is 0 Å². The Hall–Kier alpha value is -2.14. The molecule has 1 aliphatic heterocycles. The number of nitrogens with zero attached hydrogens (tertiary/aromatic N) is 5. The molecule has 3 heterocycles. The first-order chi connectivity index (χ1) is 13.5. The Morgan fingerprint density at radius 2 is 2.11 bits per heavy atom. The van der Waals surface area contributed by atoms with Gasteiger partial charge in [-0.25, -0.2) is 4.98 Å². The lowest BCUT2D eigenvalue weighted by Gasteiger charge is -2.36. The zero-order chi connectivity index (χ0) is 20.0. The Balaban J connectivity index is 1.51. The van der Waals surface area contributed by atoms with Gasteiger partial charge in [-0.1, -0.05) is 5.16 Å². The lowest BCUT2D eigenvalue weighted by Crippen LogP contribution is -2.52. The first kappa shape index (κ1) is 20.6. The van der Waals surface area contributed by atoms with Crippen LogP contribution < -0.4 is 5.32 Å². The fourth-order valence-corrected chi connectivity index (χ4v) is 3.70. The number of halogens is 3. The van der Waals surface area contributed by atoms with Gasteiger partial charge < -0.3 is 14.7 Å². The van der Waals surface area contributed by atoms with Crippen molar-refractivity contribution in [3.05, 3.63) is 34.1 Å². The summed E-state index contributed by atoms with van der Waals surface area (Å²) in [6.07, 6.45) is -2.43. The first-order valence-electron chi connectivity index (χ1n) is 9.12. The summed E-state index contributed by atoms with van der Waals surface area (Å²) >= 11 is 1.02. The highest BCUT2D eigenvalue weighted by molar-refractivity contribution is 7.09. The summed E-state index contributed by atoms with van der Waals surface area (Å²) in [5.41, 5.74) is 0.0855. The number of alkyl halides is 3. The van der Waals surface area contributed by atoms with Gasteiger partial charge in [-0.3, -0.25) is 9.89 Å². The molecular weight excluding hydrogens is 393 g/mol. The van der Waals surface area contributed by atoms with Crippen LogP contribution in [0.4, 0.5) is 13.2 Å². The summed E-state index contributed by atoms with van der Waals surface area (Å²) < 4.78 is 42.8. The molecule has 0 spiro atoms. The molecule has 0 bridgehead atoms. The predicted molar refractivity (Wildman–Crippen MR) is 100 cm³/mol. The number of rotatable bonds is 6. The van der Waals surface area contributed by atoms with E-state index in [1.807, 2.05) is 13.0 Å². The molecule has 2 aromatic heterocycles. The SMILES string of the molecule is CCNC(=NCCc1nc(C(F)(F)F)cs1)N1CCN(Cc2ccon2)CC1. The molecule has 0 amide bonds. The summed E-state index contributed by atoms with van der Waals surface area (Å²) in [5.74, 6) is 0.788. The smallest absolute Gasteiger partial charge is 0.364 e. The van der Waals surface area contributed by atoms with Crippen molar-refractivity contribution < 1.29 is 17.7 Å². The van der Waals surface area contributed by atoms with Crippen LogP contribution in [0.3, 0.4) is 0 Å². The molecule has 2 aromatic rings. The Labute approximate surface area is 165 Å². The minimum atomic E-state index is -4.39. The molecule has 0 aliphatic carbocycles. The second-order valence-corrected chi connectivity index (χ2v) is 7.31. The van der Waals surface area contributed by atoms with E-state index in [0.717, 1.165) is 67.6 Å². The molecule has 1 fully saturated rings. The maximum atomic E-state index is 12.6. The molecule has 0 saturated carbocycles. The van der Waals surface area contributed by atoms with Gasteiger partial charge in [-0.15, -0.1) is 11.3 Å². The van der Waals surface area contributed by atoms with Gasteiger partial charge in [0.05, 0.1) is 10.7 Å².